The van der Waals surface area contributed by atoms with Crippen LogP contribution in [0, 0.1) is 0 Å². The zero-order chi connectivity index (χ0) is 18.1. The summed E-state index contributed by atoms with van der Waals surface area (Å²) < 4.78 is 6.09. The summed E-state index contributed by atoms with van der Waals surface area (Å²) in [5.74, 6) is -0.396. The average molecular weight is 370 g/mol. The van der Waals surface area contributed by atoms with E-state index < -0.39 is 5.76 Å². The molecule has 0 bridgehead atoms. The predicted octanol–water partition coefficient (Wildman–Crippen LogP) is 2.50. The number of fused-ring (bicyclic) bond motifs is 1. The van der Waals surface area contributed by atoms with Gasteiger partial charge in [-0.1, -0.05) is 12.1 Å². The van der Waals surface area contributed by atoms with E-state index in [1.807, 2.05) is 4.90 Å². The van der Waals surface area contributed by atoms with Gasteiger partial charge in [-0.25, -0.2) is 9.36 Å². The third kappa shape index (κ3) is 2.86. The zero-order valence-electron chi connectivity index (χ0n) is 14.3. The van der Waals surface area contributed by atoms with Crippen molar-refractivity contribution in [1.82, 2.24) is 19.6 Å². The molecule has 0 spiro atoms. The SMILES string of the molecule is CCC1c2ccsc2CCN1C(=O)Cn1c(-c2ccncc2)noc1=O. The molecule has 1 unspecified atom stereocenters. The fraction of sp³-hybridized carbons (Fsp3) is 0.333. The van der Waals surface area contributed by atoms with Gasteiger partial charge in [0.05, 0.1) is 6.04 Å². The molecule has 7 nitrogen and oxygen atoms in total. The van der Waals surface area contributed by atoms with Gasteiger partial charge in [0.2, 0.25) is 5.91 Å². The lowest BCUT2D eigenvalue weighted by Crippen LogP contribution is -2.42. The largest absolute Gasteiger partial charge is 0.442 e. The minimum absolute atomic E-state index is 0.0532. The topological polar surface area (TPSA) is 81.2 Å². The Hall–Kier alpha value is -2.74. The number of hydrogen-bond acceptors (Lipinski definition) is 6. The van der Waals surface area contributed by atoms with Crippen LogP contribution in [0.1, 0.15) is 29.8 Å². The molecule has 4 heterocycles. The number of hydrogen-bond donors (Lipinski definition) is 0. The highest BCUT2D eigenvalue weighted by molar-refractivity contribution is 7.10. The van der Waals surface area contributed by atoms with Crippen molar-refractivity contribution in [3.05, 3.63) is 57.0 Å². The van der Waals surface area contributed by atoms with Crippen LogP contribution >= 0.6 is 11.3 Å². The number of pyridine rings is 1. The van der Waals surface area contributed by atoms with Crippen LogP contribution in [0.2, 0.25) is 0 Å². The van der Waals surface area contributed by atoms with Crippen molar-refractivity contribution in [2.24, 2.45) is 0 Å². The first-order valence-electron chi connectivity index (χ1n) is 8.51. The molecule has 0 radical (unpaired) electrons. The van der Waals surface area contributed by atoms with Crippen molar-refractivity contribution in [2.45, 2.75) is 32.4 Å². The van der Waals surface area contributed by atoms with Crippen LogP contribution in [0.5, 0.6) is 0 Å². The Kier molecular flexibility index (Phi) is 4.42. The highest BCUT2D eigenvalue weighted by atomic mass is 32.1. The fourth-order valence-electron chi connectivity index (χ4n) is 3.48. The Bertz CT molecular complexity index is 976. The van der Waals surface area contributed by atoms with E-state index in [0.717, 1.165) is 12.8 Å². The van der Waals surface area contributed by atoms with Gasteiger partial charge in [0.1, 0.15) is 6.54 Å². The van der Waals surface area contributed by atoms with E-state index in [1.54, 1.807) is 35.9 Å². The molecule has 26 heavy (non-hydrogen) atoms. The standard InChI is InChI=1S/C18H18N4O3S/c1-2-14-13-6-10-26-15(13)5-9-21(14)16(23)11-22-17(20-25-18(22)24)12-3-7-19-8-4-12/h3-4,6-8,10,14H,2,5,9,11H2,1H3. The lowest BCUT2D eigenvalue weighted by Gasteiger charge is -2.35. The molecular formula is C18H18N4O3S. The van der Waals surface area contributed by atoms with Crippen molar-refractivity contribution < 1.29 is 9.32 Å². The van der Waals surface area contributed by atoms with Gasteiger partial charge in [-0.3, -0.25) is 14.3 Å². The number of amides is 1. The maximum Gasteiger partial charge on any atom is 0.442 e. The summed E-state index contributed by atoms with van der Waals surface area (Å²) in [6, 6.07) is 5.61. The highest BCUT2D eigenvalue weighted by Gasteiger charge is 2.31. The Morgan fingerprint density at radius 1 is 1.35 bits per heavy atom. The molecule has 0 aromatic carbocycles. The highest BCUT2D eigenvalue weighted by Crippen LogP contribution is 2.35. The number of aromatic nitrogens is 3. The van der Waals surface area contributed by atoms with Gasteiger partial charge < -0.3 is 4.90 Å². The molecule has 1 amide bonds. The van der Waals surface area contributed by atoms with Crippen LogP contribution in [0.15, 0.2) is 45.3 Å². The Morgan fingerprint density at radius 2 is 2.15 bits per heavy atom. The lowest BCUT2D eigenvalue weighted by atomic mass is 9.98. The number of thiophene rings is 1. The Labute approximate surface area is 153 Å². The van der Waals surface area contributed by atoms with E-state index in [1.165, 1.54) is 15.0 Å². The molecule has 0 N–H and O–H groups in total. The number of carbonyl (C=O) groups is 1. The Balaban J connectivity index is 1.62. The van der Waals surface area contributed by atoms with Gasteiger partial charge in [0.25, 0.3) is 0 Å². The molecule has 1 atom stereocenters. The molecular weight excluding hydrogens is 352 g/mol. The van der Waals surface area contributed by atoms with Crippen molar-refractivity contribution in [3.8, 4) is 11.4 Å². The molecule has 1 aliphatic heterocycles. The zero-order valence-corrected chi connectivity index (χ0v) is 15.1. The molecule has 134 valence electrons. The summed E-state index contributed by atoms with van der Waals surface area (Å²) in [4.78, 5) is 32.3. The van der Waals surface area contributed by atoms with Crippen molar-refractivity contribution >= 4 is 17.2 Å². The normalized spacial score (nSPS) is 16.5. The van der Waals surface area contributed by atoms with Crippen LogP contribution in [0.25, 0.3) is 11.4 Å². The smallest absolute Gasteiger partial charge is 0.334 e. The van der Waals surface area contributed by atoms with Gasteiger partial charge in [-0.2, -0.15) is 0 Å². The second-order valence-corrected chi connectivity index (χ2v) is 7.16. The fourth-order valence-corrected chi connectivity index (χ4v) is 4.41. The van der Waals surface area contributed by atoms with Gasteiger partial charge in [0.15, 0.2) is 5.82 Å². The van der Waals surface area contributed by atoms with Crippen LogP contribution in [-0.2, 0) is 17.8 Å². The summed E-state index contributed by atoms with van der Waals surface area (Å²) in [5, 5.41) is 5.91. The number of nitrogens with zero attached hydrogens (tertiary/aromatic N) is 4. The van der Waals surface area contributed by atoms with Gasteiger partial charge in [0, 0.05) is 29.4 Å². The summed E-state index contributed by atoms with van der Waals surface area (Å²) >= 11 is 1.74. The molecule has 1 aliphatic rings. The van der Waals surface area contributed by atoms with Crippen LogP contribution < -0.4 is 5.76 Å². The second-order valence-electron chi connectivity index (χ2n) is 6.15. The Morgan fingerprint density at radius 3 is 2.92 bits per heavy atom. The summed E-state index contributed by atoms with van der Waals surface area (Å²) in [5.41, 5.74) is 1.91. The third-order valence-corrected chi connectivity index (χ3v) is 5.72. The second kappa shape index (κ2) is 6.87. The lowest BCUT2D eigenvalue weighted by molar-refractivity contribution is -0.134. The molecule has 0 saturated heterocycles. The van der Waals surface area contributed by atoms with Crippen LogP contribution in [-0.4, -0.2) is 32.1 Å². The quantitative estimate of drug-likeness (QED) is 0.705. The van der Waals surface area contributed by atoms with E-state index in [4.69, 9.17) is 4.52 Å². The van der Waals surface area contributed by atoms with E-state index in [9.17, 15) is 9.59 Å². The van der Waals surface area contributed by atoms with Crippen LogP contribution in [0.3, 0.4) is 0 Å². The maximum absolute atomic E-state index is 13.0. The van der Waals surface area contributed by atoms with Crippen molar-refractivity contribution in [2.75, 3.05) is 6.54 Å². The van der Waals surface area contributed by atoms with Crippen molar-refractivity contribution in [3.63, 3.8) is 0 Å². The minimum Gasteiger partial charge on any atom is -0.334 e. The monoisotopic (exact) mass is 370 g/mol. The van der Waals surface area contributed by atoms with Gasteiger partial charge in [-0.15, -0.1) is 11.3 Å². The minimum atomic E-state index is -0.633. The molecule has 0 fully saturated rings. The number of carbonyl (C=O) groups excluding carboxylic acids is 1. The van der Waals surface area contributed by atoms with E-state index >= 15 is 0 Å². The average Bonchev–Trinajstić information content (AvgIpc) is 3.28. The number of rotatable bonds is 4. The van der Waals surface area contributed by atoms with E-state index in [2.05, 4.69) is 28.5 Å². The first kappa shape index (κ1) is 16.7. The summed E-state index contributed by atoms with van der Waals surface area (Å²) in [6.07, 6.45) is 4.91. The third-order valence-electron chi connectivity index (χ3n) is 4.72. The van der Waals surface area contributed by atoms with Crippen LogP contribution in [0.4, 0.5) is 0 Å². The first-order chi connectivity index (χ1) is 12.7. The van der Waals surface area contributed by atoms with E-state index in [0.29, 0.717) is 17.9 Å². The van der Waals surface area contributed by atoms with E-state index in [-0.39, 0.29) is 18.5 Å². The maximum atomic E-state index is 13.0. The molecule has 8 heteroatoms. The summed E-state index contributed by atoms with van der Waals surface area (Å²) in [7, 11) is 0. The summed E-state index contributed by atoms with van der Waals surface area (Å²) in [6.45, 7) is 2.65. The van der Waals surface area contributed by atoms with Crippen molar-refractivity contribution in [1.29, 1.82) is 0 Å². The molecule has 3 aromatic heterocycles. The molecule has 4 rings (SSSR count). The molecule has 0 aliphatic carbocycles. The predicted molar refractivity (Wildman–Crippen MR) is 96.8 cm³/mol. The van der Waals surface area contributed by atoms with Gasteiger partial charge in [-0.05, 0) is 42.0 Å². The first-order valence-corrected chi connectivity index (χ1v) is 9.39. The molecule has 3 aromatic rings. The van der Waals surface area contributed by atoms with Gasteiger partial charge >= 0.3 is 5.76 Å². The molecule has 0 saturated carbocycles.